The fraction of sp³-hybridized carbons (Fsp3) is 0.200. The molecule has 0 fully saturated rings. The number of nitrogens with zero attached hydrogens (tertiary/aromatic N) is 1. The van der Waals surface area contributed by atoms with Gasteiger partial charge in [-0.3, -0.25) is 4.79 Å². The van der Waals surface area contributed by atoms with Crippen molar-refractivity contribution in [2.45, 2.75) is 19.8 Å². The summed E-state index contributed by atoms with van der Waals surface area (Å²) in [7, 11) is 0. The normalized spacial score (nSPS) is 12.0. The van der Waals surface area contributed by atoms with Gasteiger partial charge in [0, 0.05) is 24.2 Å². The summed E-state index contributed by atoms with van der Waals surface area (Å²) >= 11 is 0. The van der Waals surface area contributed by atoms with Gasteiger partial charge in [0.25, 0.3) is 0 Å². The summed E-state index contributed by atoms with van der Waals surface area (Å²) in [4.78, 5) is 11.8. The molecule has 0 saturated heterocycles. The minimum absolute atomic E-state index is 0.0196. The lowest BCUT2D eigenvalue weighted by Gasteiger charge is -2.23. The number of oxime groups is 1. The van der Waals surface area contributed by atoms with E-state index in [1.54, 1.807) is 42.5 Å². The van der Waals surface area contributed by atoms with E-state index in [-0.39, 0.29) is 19.0 Å². The smallest absolute Gasteiger partial charge is 0.304 e. The molecular weight excluding hydrogens is 438 g/mol. The van der Waals surface area contributed by atoms with Crippen LogP contribution in [0.4, 0.5) is 5.69 Å². The fourth-order valence-electron chi connectivity index (χ4n) is 3.13. The van der Waals surface area contributed by atoms with E-state index >= 15 is 0 Å². The highest BCUT2D eigenvalue weighted by atomic mass is 16.6. The zero-order chi connectivity index (χ0) is 24.3. The largest absolute Gasteiger partial charge is 0.491 e. The van der Waals surface area contributed by atoms with Gasteiger partial charge >= 0.3 is 5.97 Å². The second kappa shape index (κ2) is 12.1. The van der Waals surface area contributed by atoms with Crippen LogP contribution in [0.1, 0.15) is 29.8 Å². The van der Waals surface area contributed by atoms with Crippen molar-refractivity contribution in [3.8, 4) is 11.5 Å². The highest BCUT2D eigenvalue weighted by Gasteiger charge is 2.21. The van der Waals surface area contributed by atoms with Gasteiger partial charge in [0.1, 0.15) is 24.7 Å². The first-order valence-electron chi connectivity index (χ1n) is 10.6. The van der Waals surface area contributed by atoms with Crippen molar-refractivity contribution in [2.24, 2.45) is 10.9 Å². The number of nitrogens with two attached hydrogens (primary N) is 1. The molecule has 3 rings (SSSR count). The number of carbonyl (C=O) groups excluding carboxylic acids is 1. The standard InChI is InChI=1S/C25H27N3O6/c1-17(30)34-25(27-20-9-7-19(8-10-20)24(26)28-31)22-12-11-21(15-23(22)32-14-13-29)33-16-18-5-3-2-4-6-18/h2-12,15,25,27,29,31H,13-14,16H2,1H3,(H2,26,28). The van der Waals surface area contributed by atoms with Gasteiger partial charge in [-0.15, -0.1) is 0 Å². The van der Waals surface area contributed by atoms with E-state index in [0.29, 0.717) is 34.9 Å². The van der Waals surface area contributed by atoms with E-state index in [2.05, 4.69) is 10.5 Å². The van der Waals surface area contributed by atoms with Crippen LogP contribution in [0.15, 0.2) is 78.0 Å². The van der Waals surface area contributed by atoms with Gasteiger partial charge in [-0.1, -0.05) is 35.5 Å². The van der Waals surface area contributed by atoms with Gasteiger partial charge in [-0.25, -0.2) is 0 Å². The van der Waals surface area contributed by atoms with Crippen LogP contribution in [0.25, 0.3) is 0 Å². The van der Waals surface area contributed by atoms with Gasteiger partial charge in [-0.05, 0) is 42.0 Å². The molecule has 0 aromatic heterocycles. The summed E-state index contributed by atoms with van der Waals surface area (Å²) in [6.07, 6.45) is -0.885. The molecule has 0 aliphatic carbocycles. The molecule has 178 valence electrons. The SMILES string of the molecule is CC(=O)OC(Nc1ccc(C(N)=NO)cc1)c1ccc(OCc2ccccc2)cc1OCCO. The quantitative estimate of drug-likeness (QED) is 0.0845. The molecule has 1 unspecified atom stereocenters. The number of benzene rings is 3. The van der Waals surface area contributed by atoms with E-state index in [9.17, 15) is 9.90 Å². The summed E-state index contributed by atoms with van der Waals surface area (Å²) in [6.45, 7) is 1.55. The molecule has 0 saturated carbocycles. The number of anilines is 1. The topological polar surface area (TPSA) is 136 Å². The maximum absolute atomic E-state index is 11.8. The number of aliphatic hydroxyl groups excluding tert-OH is 1. The molecule has 1 atom stereocenters. The van der Waals surface area contributed by atoms with Crippen LogP contribution >= 0.6 is 0 Å². The molecule has 5 N–H and O–H groups in total. The summed E-state index contributed by atoms with van der Waals surface area (Å²) in [5.41, 5.74) is 8.31. The average molecular weight is 466 g/mol. The maximum Gasteiger partial charge on any atom is 0.304 e. The molecule has 0 amide bonds. The molecule has 0 radical (unpaired) electrons. The van der Waals surface area contributed by atoms with E-state index in [4.69, 9.17) is 25.2 Å². The number of rotatable bonds is 11. The summed E-state index contributed by atoms with van der Waals surface area (Å²) in [6, 6.07) is 21.6. The third-order valence-corrected chi connectivity index (χ3v) is 4.73. The van der Waals surface area contributed by atoms with Crippen LogP contribution in [0.2, 0.25) is 0 Å². The molecule has 0 aliphatic rings. The Hall–Kier alpha value is -4.24. The molecule has 9 heteroatoms. The minimum atomic E-state index is -0.885. The Morgan fingerprint density at radius 3 is 2.44 bits per heavy atom. The summed E-state index contributed by atoms with van der Waals surface area (Å²) in [5, 5.41) is 24.2. The number of nitrogens with one attached hydrogen (secondary N) is 1. The monoisotopic (exact) mass is 465 g/mol. The Labute approximate surface area is 197 Å². The molecular formula is C25H27N3O6. The molecule has 0 aliphatic heterocycles. The van der Waals surface area contributed by atoms with Crippen LogP contribution in [-0.2, 0) is 16.1 Å². The van der Waals surface area contributed by atoms with Crippen molar-refractivity contribution >= 4 is 17.5 Å². The van der Waals surface area contributed by atoms with Crippen LogP contribution in [-0.4, -0.2) is 35.3 Å². The summed E-state index contributed by atoms with van der Waals surface area (Å²) < 4.78 is 17.1. The first-order chi connectivity index (χ1) is 16.5. The predicted octanol–water partition coefficient (Wildman–Crippen LogP) is 3.41. The van der Waals surface area contributed by atoms with Crippen LogP contribution in [0.3, 0.4) is 0 Å². The predicted molar refractivity (Wildman–Crippen MR) is 127 cm³/mol. The molecule has 0 heterocycles. The lowest BCUT2D eigenvalue weighted by Crippen LogP contribution is -2.19. The molecule has 9 nitrogen and oxygen atoms in total. The van der Waals surface area contributed by atoms with Gasteiger partial charge < -0.3 is 35.6 Å². The number of hydrogen-bond donors (Lipinski definition) is 4. The lowest BCUT2D eigenvalue weighted by atomic mass is 10.1. The second-order valence-electron chi connectivity index (χ2n) is 7.24. The zero-order valence-electron chi connectivity index (χ0n) is 18.7. The number of aliphatic hydroxyl groups is 1. The van der Waals surface area contributed by atoms with E-state index < -0.39 is 12.2 Å². The second-order valence-corrected chi connectivity index (χ2v) is 7.24. The Bertz CT molecular complexity index is 1100. The number of ether oxygens (including phenoxy) is 3. The molecule has 3 aromatic carbocycles. The number of esters is 1. The van der Waals surface area contributed by atoms with Crippen molar-refractivity contribution in [3.05, 3.63) is 89.5 Å². The van der Waals surface area contributed by atoms with Gasteiger partial charge in [0.15, 0.2) is 5.84 Å². The Morgan fingerprint density at radius 2 is 1.79 bits per heavy atom. The highest BCUT2D eigenvalue weighted by molar-refractivity contribution is 5.97. The van der Waals surface area contributed by atoms with E-state index in [1.807, 2.05) is 30.3 Å². The van der Waals surface area contributed by atoms with Crippen molar-refractivity contribution < 1.29 is 29.3 Å². The Morgan fingerprint density at radius 1 is 1.06 bits per heavy atom. The van der Waals surface area contributed by atoms with Crippen molar-refractivity contribution in [3.63, 3.8) is 0 Å². The number of hydrogen-bond acceptors (Lipinski definition) is 8. The fourth-order valence-corrected chi connectivity index (χ4v) is 3.13. The molecule has 3 aromatic rings. The van der Waals surface area contributed by atoms with Gasteiger partial charge in [-0.2, -0.15) is 0 Å². The average Bonchev–Trinajstić information content (AvgIpc) is 2.86. The Balaban J connectivity index is 1.85. The number of carbonyl (C=O) groups is 1. The lowest BCUT2D eigenvalue weighted by molar-refractivity contribution is -0.145. The third-order valence-electron chi connectivity index (χ3n) is 4.73. The van der Waals surface area contributed by atoms with Crippen molar-refractivity contribution in [1.82, 2.24) is 0 Å². The molecule has 34 heavy (non-hydrogen) atoms. The Kier molecular flexibility index (Phi) is 8.70. The third kappa shape index (κ3) is 6.88. The van der Waals surface area contributed by atoms with Crippen molar-refractivity contribution in [1.29, 1.82) is 0 Å². The number of amidine groups is 1. The van der Waals surface area contributed by atoms with E-state index in [0.717, 1.165) is 5.56 Å². The molecule has 0 bridgehead atoms. The molecule has 0 spiro atoms. The van der Waals surface area contributed by atoms with Crippen LogP contribution in [0.5, 0.6) is 11.5 Å². The highest BCUT2D eigenvalue weighted by Crippen LogP contribution is 2.33. The van der Waals surface area contributed by atoms with Gasteiger partial charge in [0.2, 0.25) is 6.23 Å². The first kappa shape index (κ1) is 24.4. The first-order valence-corrected chi connectivity index (χ1v) is 10.6. The van der Waals surface area contributed by atoms with Crippen LogP contribution < -0.4 is 20.5 Å². The minimum Gasteiger partial charge on any atom is -0.491 e. The van der Waals surface area contributed by atoms with Gasteiger partial charge in [0.05, 0.1) is 12.2 Å². The van der Waals surface area contributed by atoms with E-state index in [1.165, 1.54) is 6.92 Å². The maximum atomic E-state index is 11.8. The zero-order valence-corrected chi connectivity index (χ0v) is 18.7. The summed E-state index contributed by atoms with van der Waals surface area (Å²) in [5.74, 6) is 0.439. The van der Waals surface area contributed by atoms with Crippen molar-refractivity contribution in [2.75, 3.05) is 18.5 Å². The van der Waals surface area contributed by atoms with Crippen LogP contribution in [0, 0.1) is 0 Å².